The quantitative estimate of drug-likeness (QED) is 0.581. The number of fused-ring (bicyclic) bond motifs is 1. The Morgan fingerprint density at radius 1 is 1.11 bits per heavy atom. The molecule has 6 heteroatoms. The minimum atomic E-state index is -0.176. The molecule has 2 aliphatic heterocycles. The zero-order valence-electron chi connectivity index (χ0n) is 16.1. The summed E-state index contributed by atoms with van der Waals surface area (Å²) < 4.78 is 11.5. The van der Waals surface area contributed by atoms with Crippen LogP contribution in [0.5, 0.6) is 0 Å². The maximum atomic E-state index is 6.05. The number of aromatic nitrogens is 2. The predicted molar refractivity (Wildman–Crippen MR) is 108 cm³/mol. The molecule has 0 radical (unpaired) electrons. The van der Waals surface area contributed by atoms with E-state index in [2.05, 4.69) is 30.9 Å². The first-order valence-corrected chi connectivity index (χ1v) is 10.6. The molecule has 2 aliphatic rings. The van der Waals surface area contributed by atoms with E-state index in [-0.39, 0.29) is 5.60 Å². The Bertz CT molecular complexity index is 776. The van der Waals surface area contributed by atoms with Gasteiger partial charge in [0.15, 0.2) is 5.82 Å². The molecule has 5 nitrogen and oxygen atoms in total. The molecule has 1 saturated heterocycles. The Hall–Kier alpha value is -1.47. The van der Waals surface area contributed by atoms with Gasteiger partial charge in [0.25, 0.3) is 0 Å². The number of rotatable bonds is 5. The molecular formula is C21H27N3O2S. The molecule has 0 saturated carbocycles. The van der Waals surface area contributed by atoms with Gasteiger partial charge in [0, 0.05) is 42.9 Å². The summed E-state index contributed by atoms with van der Waals surface area (Å²) in [6.45, 7) is 9.64. The van der Waals surface area contributed by atoms with Crippen molar-refractivity contribution in [3.05, 3.63) is 41.6 Å². The van der Waals surface area contributed by atoms with Gasteiger partial charge in [0.2, 0.25) is 0 Å². The molecule has 1 aromatic heterocycles. The SMILES string of the molecule is CC1(C)Cc2nc(-c3ccccc3)nc(SCCN3CCOCC3)c2CO1. The third kappa shape index (κ3) is 4.69. The van der Waals surface area contributed by atoms with E-state index in [9.17, 15) is 0 Å². The van der Waals surface area contributed by atoms with Crippen LogP contribution < -0.4 is 0 Å². The first-order valence-electron chi connectivity index (χ1n) is 9.63. The van der Waals surface area contributed by atoms with Crippen molar-refractivity contribution in [1.29, 1.82) is 0 Å². The second-order valence-corrected chi connectivity index (χ2v) is 8.75. The van der Waals surface area contributed by atoms with Gasteiger partial charge in [-0.2, -0.15) is 0 Å². The zero-order valence-corrected chi connectivity index (χ0v) is 16.9. The van der Waals surface area contributed by atoms with Crippen molar-refractivity contribution in [1.82, 2.24) is 14.9 Å². The molecule has 0 unspecified atom stereocenters. The van der Waals surface area contributed by atoms with Gasteiger partial charge >= 0.3 is 0 Å². The van der Waals surface area contributed by atoms with Crippen molar-refractivity contribution in [2.45, 2.75) is 37.5 Å². The number of hydrogen-bond donors (Lipinski definition) is 0. The molecule has 27 heavy (non-hydrogen) atoms. The van der Waals surface area contributed by atoms with Crippen LogP contribution >= 0.6 is 11.8 Å². The average molecular weight is 386 g/mol. The van der Waals surface area contributed by atoms with Crippen molar-refractivity contribution in [2.75, 3.05) is 38.6 Å². The van der Waals surface area contributed by atoms with Crippen LogP contribution in [0, 0.1) is 0 Å². The Balaban J connectivity index is 1.57. The molecule has 2 aromatic rings. The van der Waals surface area contributed by atoms with E-state index in [1.54, 1.807) is 0 Å². The van der Waals surface area contributed by atoms with Gasteiger partial charge in [0.05, 0.1) is 31.1 Å². The van der Waals surface area contributed by atoms with Crippen LogP contribution in [0.2, 0.25) is 0 Å². The summed E-state index contributed by atoms with van der Waals surface area (Å²) in [4.78, 5) is 12.3. The molecule has 1 fully saturated rings. The Morgan fingerprint density at radius 2 is 1.89 bits per heavy atom. The van der Waals surface area contributed by atoms with Crippen molar-refractivity contribution < 1.29 is 9.47 Å². The van der Waals surface area contributed by atoms with Crippen molar-refractivity contribution in [2.24, 2.45) is 0 Å². The van der Waals surface area contributed by atoms with Crippen LogP contribution in [-0.4, -0.2) is 59.1 Å². The summed E-state index contributed by atoms with van der Waals surface area (Å²) in [7, 11) is 0. The van der Waals surface area contributed by atoms with E-state index in [0.29, 0.717) is 6.61 Å². The lowest BCUT2D eigenvalue weighted by Gasteiger charge is -2.32. The van der Waals surface area contributed by atoms with Gasteiger partial charge in [0.1, 0.15) is 5.03 Å². The topological polar surface area (TPSA) is 47.5 Å². The van der Waals surface area contributed by atoms with Gasteiger partial charge in [-0.15, -0.1) is 11.8 Å². The predicted octanol–water partition coefficient (Wildman–Crippen LogP) is 3.42. The molecule has 0 atom stereocenters. The van der Waals surface area contributed by atoms with Gasteiger partial charge < -0.3 is 9.47 Å². The molecule has 0 spiro atoms. The Kier molecular flexibility index (Phi) is 5.78. The molecule has 3 heterocycles. The van der Waals surface area contributed by atoms with Crippen LogP contribution in [0.25, 0.3) is 11.4 Å². The van der Waals surface area contributed by atoms with Crippen LogP contribution in [0.4, 0.5) is 0 Å². The lowest BCUT2D eigenvalue weighted by atomic mass is 9.96. The second-order valence-electron chi connectivity index (χ2n) is 7.67. The van der Waals surface area contributed by atoms with Gasteiger partial charge in [-0.3, -0.25) is 4.90 Å². The van der Waals surface area contributed by atoms with Gasteiger partial charge in [-0.1, -0.05) is 30.3 Å². The maximum absolute atomic E-state index is 6.05. The van der Waals surface area contributed by atoms with E-state index < -0.39 is 0 Å². The number of morpholine rings is 1. The number of benzene rings is 1. The highest BCUT2D eigenvalue weighted by Crippen LogP contribution is 2.34. The average Bonchev–Trinajstić information content (AvgIpc) is 2.68. The summed E-state index contributed by atoms with van der Waals surface area (Å²) in [5.41, 5.74) is 3.19. The highest BCUT2D eigenvalue weighted by Gasteiger charge is 2.30. The summed E-state index contributed by atoms with van der Waals surface area (Å²) in [5.74, 6) is 1.84. The molecule has 0 amide bonds. The third-order valence-electron chi connectivity index (χ3n) is 5.04. The highest BCUT2D eigenvalue weighted by atomic mass is 32.2. The highest BCUT2D eigenvalue weighted by molar-refractivity contribution is 7.99. The van der Waals surface area contributed by atoms with E-state index in [1.165, 1.54) is 5.56 Å². The van der Waals surface area contributed by atoms with Crippen LogP contribution in [-0.2, 0) is 22.5 Å². The van der Waals surface area contributed by atoms with Crippen molar-refractivity contribution >= 4 is 11.8 Å². The van der Waals surface area contributed by atoms with Crippen LogP contribution in [0.15, 0.2) is 35.4 Å². The Morgan fingerprint density at radius 3 is 2.67 bits per heavy atom. The maximum Gasteiger partial charge on any atom is 0.160 e. The number of nitrogens with zero attached hydrogens (tertiary/aromatic N) is 3. The smallest absolute Gasteiger partial charge is 0.160 e. The van der Waals surface area contributed by atoms with E-state index >= 15 is 0 Å². The molecule has 0 aliphatic carbocycles. The first-order chi connectivity index (χ1) is 13.1. The molecule has 4 rings (SSSR count). The molecule has 0 N–H and O–H groups in total. The van der Waals surface area contributed by atoms with E-state index in [4.69, 9.17) is 19.4 Å². The number of hydrogen-bond acceptors (Lipinski definition) is 6. The fraction of sp³-hybridized carbons (Fsp3) is 0.524. The molecule has 1 aromatic carbocycles. The van der Waals surface area contributed by atoms with E-state index in [0.717, 1.165) is 67.1 Å². The third-order valence-corrected chi connectivity index (χ3v) is 6.04. The fourth-order valence-corrected chi connectivity index (χ4v) is 4.50. The normalized spacial score (nSPS) is 19.6. The Labute approximate surface area is 165 Å². The minimum Gasteiger partial charge on any atom is -0.379 e. The van der Waals surface area contributed by atoms with Gasteiger partial charge in [-0.05, 0) is 13.8 Å². The number of ether oxygens (including phenoxy) is 2. The second kappa shape index (κ2) is 8.27. The summed E-state index contributed by atoms with van der Waals surface area (Å²) in [5, 5.41) is 1.07. The molecular weight excluding hydrogens is 358 g/mol. The molecule has 144 valence electrons. The largest absolute Gasteiger partial charge is 0.379 e. The lowest BCUT2D eigenvalue weighted by molar-refractivity contribution is -0.0428. The van der Waals surface area contributed by atoms with Crippen molar-refractivity contribution in [3.63, 3.8) is 0 Å². The number of thioether (sulfide) groups is 1. The van der Waals surface area contributed by atoms with Crippen LogP contribution in [0.1, 0.15) is 25.1 Å². The summed E-state index contributed by atoms with van der Waals surface area (Å²) in [6.07, 6.45) is 0.821. The minimum absolute atomic E-state index is 0.176. The fourth-order valence-electron chi connectivity index (χ4n) is 3.45. The van der Waals surface area contributed by atoms with E-state index in [1.807, 2.05) is 30.0 Å². The van der Waals surface area contributed by atoms with Gasteiger partial charge in [-0.25, -0.2) is 9.97 Å². The summed E-state index contributed by atoms with van der Waals surface area (Å²) >= 11 is 1.82. The lowest BCUT2D eigenvalue weighted by Crippen LogP contribution is -2.37. The zero-order chi connectivity index (χ0) is 18.7. The van der Waals surface area contributed by atoms with Crippen LogP contribution in [0.3, 0.4) is 0 Å². The first kappa shape index (κ1) is 18.9. The molecule has 0 bridgehead atoms. The standard InChI is InChI=1S/C21H27N3O2S/c1-21(2)14-18-17(15-26-21)20(27-13-10-24-8-11-25-12-9-24)23-19(22-18)16-6-4-3-5-7-16/h3-7H,8-15H2,1-2H3. The van der Waals surface area contributed by atoms with Crippen molar-refractivity contribution in [3.8, 4) is 11.4 Å². The monoisotopic (exact) mass is 385 g/mol. The summed E-state index contributed by atoms with van der Waals surface area (Å²) in [6, 6.07) is 10.3.